The average molecular weight is 356 g/mol. The maximum absolute atomic E-state index is 11.7. The summed E-state index contributed by atoms with van der Waals surface area (Å²) in [5.41, 5.74) is 0.490. The number of β-amino-alcohol motifs (C(OH)–C–C–N with tert-alkyl or cyclic N) is 1. The fourth-order valence-electron chi connectivity index (χ4n) is 3.04. The number of aliphatic hydroxyl groups is 1. The number of nitrogens with zero attached hydrogens (tertiary/aromatic N) is 4. The topological polar surface area (TPSA) is 95.9 Å². The normalized spacial score (nSPS) is 22.7. The highest BCUT2D eigenvalue weighted by atomic mass is 32.2. The highest BCUT2D eigenvalue weighted by Gasteiger charge is 2.23. The fraction of sp³-hybridized carbons (Fsp3) is 0.733. The smallest absolute Gasteiger partial charge is 0.227 e. The van der Waals surface area contributed by atoms with Gasteiger partial charge in [0.1, 0.15) is 5.82 Å². The summed E-state index contributed by atoms with van der Waals surface area (Å²) < 4.78 is 28.7. The van der Waals surface area contributed by atoms with Crippen LogP contribution in [0.2, 0.25) is 0 Å². The molecule has 2 aliphatic rings. The van der Waals surface area contributed by atoms with Crippen LogP contribution in [0.25, 0.3) is 0 Å². The highest BCUT2D eigenvalue weighted by molar-refractivity contribution is 7.89. The number of rotatable bonds is 4. The van der Waals surface area contributed by atoms with E-state index in [1.165, 1.54) is 6.26 Å². The zero-order valence-corrected chi connectivity index (χ0v) is 14.7. The molecule has 1 unspecified atom stereocenters. The van der Waals surface area contributed by atoms with Gasteiger partial charge in [0.25, 0.3) is 0 Å². The molecule has 2 saturated heterocycles. The first-order chi connectivity index (χ1) is 11.4. The molecule has 24 heavy (non-hydrogen) atoms. The van der Waals surface area contributed by atoms with Crippen LogP contribution in [-0.2, 0) is 20.3 Å². The van der Waals surface area contributed by atoms with Gasteiger partial charge in [-0.2, -0.15) is 4.98 Å². The number of piperidine rings is 1. The number of aliphatic hydroxyl groups excluding tert-OH is 1. The Morgan fingerprint density at radius 2 is 2.00 bits per heavy atom. The molecule has 8 nitrogen and oxygen atoms in total. The number of morpholine rings is 1. The van der Waals surface area contributed by atoms with E-state index in [9.17, 15) is 13.5 Å². The lowest BCUT2D eigenvalue weighted by molar-refractivity contribution is 0.122. The van der Waals surface area contributed by atoms with Crippen LogP contribution in [0, 0.1) is 0 Å². The van der Waals surface area contributed by atoms with Crippen molar-refractivity contribution in [2.75, 3.05) is 55.4 Å². The molecule has 0 amide bonds. The minimum absolute atomic E-state index is 0.115. The highest BCUT2D eigenvalue weighted by Crippen LogP contribution is 2.22. The molecule has 0 aliphatic carbocycles. The Bertz CT molecular complexity index is 676. The number of hydrogen-bond acceptors (Lipinski definition) is 8. The number of ether oxygens (including phenoxy) is 1. The Labute approximate surface area is 142 Å². The second-order valence-electron chi connectivity index (χ2n) is 6.43. The molecule has 0 spiro atoms. The molecule has 2 aliphatic heterocycles. The Kier molecular flexibility index (Phi) is 5.21. The maximum atomic E-state index is 11.7. The van der Waals surface area contributed by atoms with Gasteiger partial charge in [0.05, 0.1) is 30.8 Å². The molecule has 1 aromatic rings. The number of hydrogen-bond donors (Lipinski definition) is 1. The molecule has 9 heteroatoms. The van der Waals surface area contributed by atoms with Gasteiger partial charge in [0, 0.05) is 38.5 Å². The summed E-state index contributed by atoms with van der Waals surface area (Å²) in [6, 6.07) is 1.75. The van der Waals surface area contributed by atoms with E-state index >= 15 is 0 Å². The Morgan fingerprint density at radius 3 is 2.67 bits per heavy atom. The maximum Gasteiger partial charge on any atom is 0.227 e. The van der Waals surface area contributed by atoms with Gasteiger partial charge in [0.2, 0.25) is 5.95 Å². The van der Waals surface area contributed by atoms with Crippen molar-refractivity contribution in [1.29, 1.82) is 0 Å². The molecule has 0 saturated carbocycles. The average Bonchev–Trinajstić information content (AvgIpc) is 2.54. The first-order valence-electron chi connectivity index (χ1n) is 8.22. The van der Waals surface area contributed by atoms with Gasteiger partial charge in [-0.3, -0.25) is 0 Å². The van der Waals surface area contributed by atoms with Crippen LogP contribution < -0.4 is 9.80 Å². The van der Waals surface area contributed by atoms with Crippen LogP contribution in [0.5, 0.6) is 0 Å². The largest absolute Gasteiger partial charge is 0.391 e. The summed E-state index contributed by atoms with van der Waals surface area (Å²) in [5.74, 6) is 1.11. The van der Waals surface area contributed by atoms with Gasteiger partial charge in [-0.15, -0.1) is 0 Å². The molecular formula is C15H24N4O4S. The van der Waals surface area contributed by atoms with Crippen LogP contribution in [0.3, 0.4) is 0 Å². The minimum Gasteiger partial charge on any atom is -0.391 e. The second-order valence-corrected chi connectivity index (χ2v) is 8.57. The molecule has 2 fully saturated rings. The van der Waals surface area contributed by atoms with Gasteiger partial charge in [0.15, 0.2) is 9.84 Å². The van der Waals surface area contributed by atoms with Crippen LogP contribution >= 0.6 is 0 Å². The zero-order chi connectivity index (χ0) is 17.2. The number of anilines is 2. The Balaban J connectivity index is 1.92. The molecule has 0 bridgehead atoms. The van der Waals surface area contributed by atoms with Crippen molar-refractivity contribution in [2.45, 2.75) is 24.7 Å². The third kappa shape index (κ3) is 4.55. The molecule has 134 valence electrons. The lowest BCUT2D eigenvalue weighted by atomic mass is 10.1. The predicted octanol–water partition coefficient (Wildman–Crippen LogP) is -0.181. The van der Waals surface area contributed by atoms with E-state index in [-0.39, 0.29) is 5.75 Å². The van der Waals surface area contributed by atoms with Gasteiger partial charge in [-0.05, 0) is 12.8 Å². The SMILES string of the molecule is CS(=O)(=O)Cc1cc(N2CCOCC2)nc(N2CCCC(O)C2)n1. The molecule has 3 rings (SSSR count). The van der Waals surface area contributed by atoms with Gasteiger partial charge < -0.3 is 19.6 Å². The van der Waals surface area contributed by atoms with Crippen molar-refractivity contribution >= 4 is 21.6 Å². The Hall–Kier alpha value is -1.45. The summed E-state index contributed by atoms with van der Waals surface area (Å²) in [6.07, 6.45) is 2.45. The third-order valence-electron chi connectivity index (χ3n) is 4.18. The first-order valence-corrected chi connectivity index (χ1v) is 10.3. The van der Waals surface area contributed by atoms with Gasteiger partial charge >= 0.3 is 0 Å². The van der Waals surface area contributed by atoms with Crippen LogP contribution in [0.4, 0.5) is 11.8 Å². The van der Waals surface area contributed by atoms with Crippen LogP contribution in [0.1, 0.15) is 18.5 Å². The van der Waals surface area contributed by atoms with E-state index in [0.717, 1.165) is 38.3 Å². The summed E-state index contributed by atoms with van der Waals surface area (Å²) >= 11 is 0. The second kappa shape index (κ2) is 7.20. The minimum atomic E-state index is -3.18. The molecule has 0 aromatic carbocycles. The summed E-state index contributed by atoms with van der Waals surface area (Å²) in [7, 11) is -3.18. The first kappa shape index (κ1) is 17.4. The third-order valence-corrected chi connectivity index (χ3v) is 5.00. The van der Waals surface area contributed by atoms with Crippen LogP contribution in [0.15, 0.2) is 6.07 Å². The Morgan fingerprint density at radius 1 is 1.25 bits per heavy atom. The quantitative estimate of drug-likeness (QED) is 0.794. The molecule has 1 N–H and O–H groups in total. The van der Waals surface area contributed by atoms with E-state index in [4.69, 9.17) is 4.74 Å². The van der Waals surface area contributed by atoms with Gasteiger partial charge in [-0.1, -0.05) is 0 Å². The van der Waals surface area contributed by atoms with E-state index in [1.54, 1.807) is 6.07 Å². The fourth-order valence-corrected chi connectivity index (χ4v) is 3.73. The molecule has 1 atom stereocenters. The van der Waals surface area contributed by atoms with E-state index in [1.807, 2.05) is 4.90 Å². The van der Waals surface area contributed by atoms with E-state index in [0.29, 0.717) is 31.4 Å². The monoisotopic (exact) mass is 356 g/mol. The van der Waals surface area contributed by atoms with E-state index in [2.05, 4.69) is 14.9 Å². The van der Waals surface area contributed by atoms with E-state index < -0.39 is 15.9 Å². The van der Waals surface area contributed by atoms with Crippen molar-refractivity contribution in [2.24, 2.45) is 0 Å². The number of sulfone groups is 1. The summed E-state index contributed by atoms with van der Waals surface area (Å²) in [6.45, 7) is 3.94. The molecular weight excluding hydrogens is 332 g/mol. The van der Waals surface area contributed by atoms with Crippen molar-refractivity contribution in [3.8, 4) is 0 Å². The molecule has 3 heterocycles. The summed E-state index contributed by atoms with van der Waals surface area (Å²) in [5, 5.41) is 9.89. The van der Waals surface area contributed by atoms with Crippen molar-refractivity contribution < 1.29 is 18.3 Å². The standard InChI is InChI=1S/C15H24N4O4S/c1-24(21,22)11-12-9-14(18-5-7-23-8-6-18)17-15(16-12)19-4-2-3-13(20)10-19/h9,13,20H,2-8,10-11H2,1H3. The van der Waals surface area contributed by atoms with Crippen molar-refractivity contribution in [1.82, 2.24) is 9.97 Å². The lowest BCUT2D eigenvalue weighted by Crippen LogP contribution is -2.40. The van der Waals surface area contributed by atoms with Gasteiger partial charge in [-0.25, -0.2) is 13.4 Å². The zero-order valence-electron chi connectivity index (χ0n) is 13.9. The molecule has 0 radical (unpaired) electrons. The molecule has 1 aromatic heterocycles. The van der Waals surface area contributed by atoms with Crippen molar-refractivity contribution in [3.05, 3.63) is 11.8 Å². The summed E-state index contributed by atoms with van der Waals surface area (Å²) in [4.78, 5) is 13.1. The predicted molar refractivity (Wildman–Crippen MR) is 91.1 cm³/mol. The van der Waals surface area contributed by atoms with Crippen LogP contribution in [-0.4, -0.2) is 75.2 Å². The number of aromatic nitrogens is 2. The van der Waals surface area contributed by atoms with Crippen molar-refractivity contribution in [3.63, 3.8) is 0 Å². The lowest BCUT2D eigenvalue weighted by Gasteiger charge is -2.32.